The SMILES string of the molecule is CC1CCCC(NC(C)C2CC3CCC2C3)C1C. The van der Waals surface area contributed by atoms with Gasteiger partial charge in [-0.15, -0.1) is 0 Å². The van der Waals surface area contributed by atoms with E-state index in [-0.39, 0.29) is 0 Å². The molecule has 7 unspecified atom stereocenters. The lowest BCUT2D eigenvalue weighted by atomic mass is 9.76. The van der Waals surface area contributed by atoms with Crippen LogP contribution in [0.25, 0.3) is 0 Å². The topological polar surface area (TPSA) is 12.0 Å². The van der Waals surface area contributed by atoms with Crippen LogP contribution < -0.4 is 5.32 Å². The first-order valence-corrected chi connectivity index (χ1v) is 8.41. The van der Waals surface area contributed by atoms with E-state index in [0.29, 0.717) is 0 Å². The molecule has 0 aliphatic heterocycles. The fourth-order valence-corrected chi connectivity index (χ4v) is 5.18. The molecule has 0 heterocycles. The number of hydrogen-bond donors (Lipinski definition) is 1. The van der Waals surface area contributed by atoms with Crippen LogP contribution >= 0.6 is 0 Å². The average Bonchev–Trinajstić information content (AvgIpc) is 2.97. The highest BCUT2D eigenvalue weighted by Crippen LogP contribution is 2.49. The maximum atomic E-state index is 4.03. The molecule has 3 rings (SSSR count). The van der Waals surface area contributed by atoms with Crippen molar-refractivity contribution >= 4 is 0 Å². The Morgan fingerprint density at radius 2 is 1.83 bits per heavy atom. The molecule has 0 saturated heterocycles. The average molecular weight is 249 g/mol. The summed E-state index contributed by atoms with van der Waals surface area (Å²) >= 11 is 0. The van der Waals surface area contributed by atoms with E-state index in [4.69, 9.17) is 0 Å². The Hall–Kier alpha value is -0.0400. The summed E-state index contributed by atoms with van der Waals surface area (Å²) in [6, 6.07) is 1.56. The summed E-state index contributed by atoms with van der Waals surface area (Å²) in [4.78, 5) is 0. The molecule has 1 nitrogen and oxygen atoms in total. The van der Waals surface area contributed by atoms with Gasteiger partial charge in [0.15, 0.2) is 0 Å². The number of hydrogen-bond acceptors (Lipinski definition) is 1. The lowest BCUT2D eigenvalue weighted by molar-refractivity contribution is 0.164. The second-order valence-corrected chi connectivity index (χ2v) is 7.67. The molecule has 3 aliphatic rings. The number of fused-ring (bicyclic) bond motifs is 2. The van der Waals surface area contributed by atoms with Gasteiger partial charge in [-0.05, 0) is 62.2 Å². The zero-order valence-corrected chi connectivity index (χ0v) is 12.5. The van der Waals surface area contributed by atoms with E-state index in [1.165, 1.54) is 38.5 Å². The van der Waals surface area contributed by atoms with Crippen LogP contribution in [0.4, 0.5) is 0 Å². The van der Waals surface area contributed by atoms with Crippen LogP contribution in [-0.2, 0) is 0 Å². The Morgan fingerprint density at radius 3 is 2.50 bits per heavy atom. The second kappa shape index (κ2) is 5.15. The minimum absolute atomic E-state index is 0.762. The van der Waals surface area contributed by atoms with E-state index in [2.05, 4.69) is 26.1 Å². The molecule has 0 radical (unpaired) electrons. The molecule has 1 heteroatoms. The Morgan fingerprint density at radius 1 is 1.00 bits per heavy atom. The third-order valence-electron chi connectivity index (χ3n) is 6.62. The van der Waals surface area contributed by atoms with E-state index >= 15 is 0 Å². The molecule has 0 spiro atoms. The van der Waals surface area contributed by atoms with Crippen LogP contribution in [0.5, 0.6) is 0 Å². The molecule has 0 aromatic rings. The summed E-state index contributed by atoms with van der Waals surface area (Å²) < 4.78 is 0. The van der Waals surface area contributed by atoms with Crippen molar-refractivity contribution < 1.29 is 0 Å². The smallest absolute Gasteiger partial charge is 0.00978 e. The highest BCUT2D eigenvalue weighted by Gasteiger charge is 2.42. The lowest BCUT2D eigenvalue weighted by Gasteiger charge is -2.39. The molecular formula is C17H31N. The zero-order valence-electron chi connectivity index (χ0n) is 12.5. The first kappa shape index (κ1) is 13.0. The van der Waals surface area contributed by atoms with Crippen molar-refractivity contribution in [3.8, 4) is 0 Å². The molecule has 2 bridgehead atoms. The van der Waals surface area contributed by atoms with Gasteiger partial charge < -0.3 is 5.32 Å². The molecular weight excluding hydrogens is 218 g/mol. The highest BCUT2D eigenvalue weighted by molar-refractivity contribution is 4.95. The molecule has 3 saturated carbocycles. The van der Waals surface area contributed by atoms with Crippen molar-refractivity contribution in [2.24, 2.45) is 29.6 Å². The molecule has 1 N–H and O–H groups in total. The monoisotopic (exact) mass is 249 g/mol. The predicted molar refractivity (Wildman–Crippen MR) is 77.5 cm³/mol. The molecule has 0 amide bonds. The van der Waals surface area contributed by atoms with Crippen LogP contribution in [0.1, 0.15) is 65.7 Å². The van der Waals surface area contributed by atoms with Gasteiger partial charge >= 0.3 is 0 Å². The van der Waals surface area contributed by atoms with Crippen LogP contribution in [0.2, 0.25) is 0 Å². The van der Waals surface area contributed by atoms with Gasteiger partial charge in [-0.1, -0.05) is 33.1 Å². The van der Waals surface area contributed by atoms with E-state index in [1.807, 2.05) is 0 Å². The van der Waals surface area contributed by atoms with Crippen molar-refractivity contribution in [1.29, 1.82) is 0 Å². The summed E-state index contributed by atoms with van der Waals surface area (Å²) in [5.41, 5.74) is 0. The first-order chi connectivity index (χ1) is 8.65. The van der Waals surface area contributed by atoms with Gasteiger partial charge in [-0.2, -0.15) is 0 Å². The predicted octanol–water partition coefficient (Wildman–Crippen LogP) is 4.23. The van der Waals surface area contributed by atoms with Crippen LogP contribution in [0.3, 0.4) is 0 Å². The zero-order chi connectivity index (χ0) is 12.7. The Kier molecular flexibility index (Phi) is 3.71. The number of nitrogens with one attached hydrogen (secondary N) is 1. The van der Waals surface area contributed by atoms with Crippen LogP contribution in [0, 0.1) is 29.6 Å². The summed E-state index contributed by atoms with van der Waals surface area (Å²) in [6.07, 6.45) is 10.4. The van der Waals surface area contributed by atoms with E-state index < -0.39 is 0 Å². The maximum absolute atomic E-state index is 4.03. The Bertz CT molecular complexity index is 287. The van der Waals surface area contributed by atoms with Crippen LogP contribution in [0.15, 0.2) is 0 Å². The van der Waals surface area contributed by atoms with Gasteiger partial charge in [0.25, 0.3) is 0 Å². The standard InChI is InChI=1S/C17H31N/c1-11-5-4-6-17(12(11)2)18-13(3)16-10-14-7-8-15(16)9-14/h11-18H,4-10H2,1-3H3. The molecule has 7 atom stereocenters. The van der Waals surface area contributed by atoms with Gasteiger partial charge in [0.2, 0.25) is 0 Å². The molecule has 3 aliphatic carbocycles. The summed E-state index contributed by atoms with van der Waals surface area (Å²) in [6.45, 7) is 7.38. The fraction of sp³-hybridized carbons (Fsp3) is 1.00. The third kappa shape index (κ3) is 2.35. The molecule has 104 valence electrons. The van der Waals surface area contributed by atoms with Crippen molar-refractivity contribution in [2.45, 2.75) is 77.8 Å². The molecule has 3 fully saturated rings. The quantitative estimate of drug-likeness (QED) is 0.789. The van der Waals surface area contributed by atoms with Crippen molar-refractivity contribution in [3.05, 3.63) is 0 Å². The first-order valence-electron chi connectivity index (χ1n) is 8.41. The Balaban J connectivity index is 1.55. The van der Waals surface area contributed by atoms with Crippen molar-refractivity contribution in [1.82, 2.24) is 5.32 Å². The van der Waals surface area contributed by atoms with Crippen molar-refractivity contribution in [2.75, 3.05) is 0 Å². The van der Waals surface area contributed by atoms with Gasteiger partial charge in [0.1, 0.15) is 0 Å². The molecule has 0 aromatic heterocycles. The van der Waals surface area contributed by atoms with E-state index in [9.17, 15) is 0 Å². The fourth-order valence-electron chi connectivity index (χ4n) is 5.18. The summed E-state index contributed by atoms with van der Waals surface area (Å²) in [5.74, 6) is 4.94. The summed E-state index contributed by atoms with van der Waals surface area (Å²) in [5, 5.41) is 4.03. The van der Waals surface area contributed by atoms with Gasteiger partial charge in [-0.25, -0.2) is 0 Å². The maximum Gasteiger partial charge on any atom is 0.00978 e. The lowest BCUT2D eigenvalue weighted by Crippen LogP contribution is -2.48. The van der Waals surface area contributed by atoms with E-state index in [1.54, 1.807) is 6.42 Å². The largest absolute Gasteiger partial charge is 0.311 e. The normalized spacial score (nSPS) is 49.5. The molecule has 18 heavy (non-hydrogen) atoms. The second-order valence-electron chi connectivity index (χ2n) is 7.67. The van der Waals surface area contributed by atoms with Crippen molar-refractivity contribution in [3.63, 3.8) is 0 Å². The van der Waals surface area contributed by atoms with Gasteiger partial charge in [0, 0.05) is 12.1 Å². The minimum atomic E-state index is 0.762. The third-order valence-corrected chi connectivity index (χ3v) is 6.62. The Labute approximate surface area is 113 Å². The van der Waals surface area contributed by atoms with Gasteiger partial charge in [0.05, 0.1) is 0 Å². The summed E-state index contributed by atoms with van der Waals surface area (Å²) in [7, 11) is 0. The van der Waals surface area contributed by atoms with Crippen LogP contribution in [-0.4, -0.2) is 12.1 Å². The molecule has 0 aromatic carbocycles. The number of rotatable bonds is 3. The minimum Gasteiger partial charge on any atom is -0.311 e. The van der Waals surface area contributed by atoms with Gasteiger partial charge in [-0.3, -0.25) is 0 Å². The highest BCUT2D eigenvalue weighted by atomic mass is 15.0. The van der Waals surface area contributed by atoms with E-state index in [0.717, 1.165) is 41.7 Å².